The number of fused-ring (bicyclic) bond motifs is 1. The smallest absolute Gasteiger partial charge is 0.230 e. The molecule has 0 saturated heterocycles. The Bertz CT molecular complexity index is 951. The summed E-state index contributed by atoms with van der Waals surface area (Å²) in [5.74, 6) is 0.260. The molecule has 0 aliphatic heterocycles. The van der Waals surface area contributed by atoms with Crippen molar-refractivity contribution >= 4 is 22.9 Å². The second kappa shape index (κ2) is 7.61. The van der Waals surface area contributed by atoms with Gasteiger partial charge in [0.1, 0.15) is 5.01 Å². The van der Waals surface area contributed by atoms with Crippen molar-refractivity contribution in [2.45, 2.75) is 33.1 Å². The first-order valence-electron chi connectivity index (χ1n) is 9.42. The Kier molecular flexibility index (Phi) is 5.03. The zero-order valence-electron chi connectivity index (χ0n) is 15.7. The lowest BCUT2D eigenvalue weighted by Gasteiger charge is -2.28. The molecule has 0 spiro atoms. The Balaban J connectivity index is 1.55. The number of aryl methyl sites for hydroxylation is 2. The van der Waals surface area contributed by atoms with Crippen molar-refractivity contribution in [2.24, 2.45) is 5.92 Å². The standard InChI is InChI=1S/C22H23N3OS/c1-3-25(18-6-4-5-15(2)13-18)22(26)17-7-8-19-20(14-17)27-21(24-19)16-9-11-23-12-10-16/h4-6,9-13,17H,3,7-8,14H2,1-2H3. The number of hydrogen-bond acceptors (Lipinski definition) is 4. The third kappa shape index (κ3) is 3.65. The summed E-state index contributed by atoms with van der Waals surface area (Å²) in [4.78, 5) is 25.3. The van der Waals surface area contributed by atoms with E-state index in [4.69, 9.17) is 4.98 Å². The van der Waals surface area contributed by atoms with Gasteiger partial charge in [0.05, 0.1) is 5.69 Å². The van der Waals surface area contributed by atoms with Crippen molar-refractivity contribution in [3.8, 4) is 10.6 Å². The van der Waals surface area contributed by atoms with Gasteiger partial charge in [0.25, 0.3) is 0 Å². The van der Waals surface area contributed by atoms with E-state index < -0.39 is 0 Å². The van der Waals surface area contributed by atoms with Gasteiger partial charge < -0.3 is 4.90 Å². The molecular weight excluding hydrogens is 354 g/mol. The average Bonchev–Trinajstić information content (AvgIpc) is 3.12. The molecule has 0 saturated carbocycles. The molecule has 1 aliphatic carbocycles. The fraction of sp³-hybridized carbons (Fsp3) is 0.318. The van der Waals surface area contributed by atoms with Crippen molar-refractivity contribution in [1.82, 2.24) is 9.97 Å². The summed E-state index contributed by atoms with van der Waals surface area (Å²) in [5, 5.41) is 1.03. The van der Waals surface area contributed by atoms with Gasteiger partial charge in [-0.1, -0.05) is 12.1 Å². The van der Waals surface area contributed by atoms with Crippen LogP contribution in [0.25, 0.3) is 10.6 Å². The van der Waals surface area contributed by atoms with Gasteiger partial charge >= 0.3 is 0 Å². The predicted octanol–water partition coefficient (Wildman–Crippen LogP) is 4.67. The van der Waals surface area contributed by atoms with E-state index in [-0.39, 0.29) is 11.8 Å². The van der Waals surface area contributed by atoms with E-state index in [1.807, 2.05) is 36.1 Å². The van der Waals surface area contributed by atoms with Gasteiger partial charge in [0, 0.05) is 41.0 Å². The highest BCUT2D eigenvalue weighted by molar-refractivity contribution is 7.15. The van der Waals surface area contributed by atoms with E-state index in [9.17, 15) is 4.79 Å². The number of pyridine rings is 1. The molecule has 1 aliphatic rings. The number of aromatic nitrogens is 2. The normalized spacial score (nSPS) is 16.0. The minimum atomic E-state index is 0.0312. The maximum atomic E-state index is 13.2. The lowest BCUT2D eigenvalue weighted by atomic mass is 9.89. The molecule has 4 nitrogen and oxygen atoms in total. The molecule has 4 rings (SSSR count). The summed E-state index contributed by atoms with van der Waals surface area (Å²) in [5.41, 5.74) is 4.43. The van der Waals surface area contributed by atoms with Crippen molar-refractivity contribution in [3.63, 3.8) is 0 Å². The summed E-state index contributed by atoms with van der Waals surface area (Å²) in [6, 6.07) is 12.2. The number of thiazole rings is 1. The van der Waals surface area contributed by atoms with Gasteiger partial charge in [-0.25, -0.2) is 4.98 Å². The summed E-state index contributed by atoms with van der Waals surface area (Å²) in [6.07, 6.45) is 6.12. The van der Waals surface area contributed by atoms with Gasteiger partial charge in [-0.2, -0.15) is 0 Å². The zero-order chi connectivity index (χ0) is 18.8. The third-order valence-electron chi connectivity index (χ3n) is 5.11. The molecule has 1 amide bonds. The number of carbonyl (C=O) groups is 1. The highest BCUT2D eigenvalue weighted by Crippen LogP contribution is 2.35. The van der Waals surface area contributed by atoms with E-state index in [2.05, 4.69) is 24.0 Å². The Morgan fingerprint density at radius 1 is 1.26 bits per heavy atom. The van der Waals surface area contributed by atoms with Crippen LogP contribution < -0.4 is 4.90 Å². The molecule has 0 bridgehead atoms. The minimum Gasteiger partial charge on any atom is -0.312 e. The van der Waals surface area contributed by atoms with Gasteiger partial charge in [0.15, 0.2) is 0 Å². The molecule has 2 heterocycles. The molecule has 0 N–H and O–H groups in total. The molecule has 3 aromatic rings. The fourth-order valence-corrected chi connectivity index (χ4v) is 4.88. The maximum absolute atomic E-state index is 13.2. The van der Waals surface area contributed by atoms with Crippen LogP contribution in [0.15, 0.2) is 48.8 Å². The first kappa shape index (κ1) is 17.9. The van der Waals surface area contributed by atoms with Crippen LogP contribution in [-0.2, 0) is 17.6 Å². The molecule has 1 unspecified atom stereocenters. The molecule has 0 radical (unpaired) electrons. The Morgan fingerprint density at radius 3 is 2.81 bits per heavy atom. The minimum absolute atomic E-state index is 0.0312. The van der Waals surface area contributed by atoms with E-state index in [0.717, 1.165) is 41.2 Å². The van der Waals surface area contributed by atoms with Crippen LogP contribution in [0.1, 0.15) is 29.5 Å². The van der Waals surface area contributed by atoms with Crippen LogP contribution >= 0.6 is 11.3 Å². The fourth-order valence-electron chi connectivity index (χ4n) is 3.69. The zero-order valence-corrected chi connectivity index (χ0v) is 16.5. The summed E-state index contributed by atoms with van der Waals surface area (Å²) < 4.78 is 0. The largest absolute Gasteiger partial charge is 0.312 e. The molecule has 138 valence electrons. The molecular formula is C22H23N3OS. The Hall–Kier alpha value is -2.53. The molecule has 27 heavy (non-hydrogen) atoms. The van der Waals surface area contributed by atoms with E-state index in [0.29, 0.717) is 6.54 Å². The topological polar surface area (TPSA) is 46.1 Å². The Morgan fingerprint density at radius 2 is 2.07 bits per heavy atom. The van der Waals surface area contributed by atoms with Crippen LogP contribution in [0.4, 0.5) is 5.69 Å². The second-order valence-electron chi connectivity index (χ2n) is 6.99. The van der Waals surface area contributed by atoms with Crippen LogP contribution in [0.5, 0.6) is 0 Å². The number of carbonyl (C=O) groups excluding carboxylic acids is 1. The molecule has 1 aromatic carbocycles. The lowest BCUT2D eigenvalue weighted by molar-refractivity contribution is -0.122. The summed E-state index contributed by atoms with van der Waals surface area (Å²) in [6.45, 7) is 4.80. The first-order chi connectivity index (χ1) is 13.2. The van der Waals surface area contributed by atoms with Crippen LogP contribution in [0.2, 0.25) is 0 Å². The number of anilines is 1. The van der Waals surface area contributed by atoms with Gasteiger partial charge in [-0.05, 0) is 62.9 Å². The second-order valence-corrected chi connectivity index (χ2v) is 8.07. The lowest BCUT2D eigenvalue weighted by Crippen LogP contribution is -2.38. The summed E-state index contributed by atoms with van der Waals surface area (Å²) >= 11 is 1.72. The molecule has 2 aromatic heterocycles. The maximum Gasteiger partial charge on any atom is 0.230 e. The van der Waals surface area contributed by atoms with Gasteiger partial charge in [-0.15, -0.1) is 11.3 Å². The number of nitrogens with zero attached hydrogens (tertiary/aromatic N) is 3. The average molecular weight is 378 g/mol. The van der Waals surface area contributed by atoms with E-state index >= 15 is 0 Å². The third-order valence-corrected chi connectivity index (χ3v) is 6.28. The SMILES string of the molecule is CCN(C(=O)C1CCc2nc(-c3ccncc3)sc2C1)c1cccc(C)c1. The van der Waals surface area contributed by atoms with Crippen LogP contribution in [0.3, 0.4) is 0 Å². The Labute approximate surface area is 163 Å². The highest BCUT2D eigenvalue weighted by atomic mass is 32.1. The highest BCUT2D eigenvalue weighted by Gasteiger charge is 2.30. The molecule has 1 atom stereocenters. The predicted molar refractivity (Wildman–Crippen MR) is 110 cm³/mol. The van der Waals surface area contributed by atoms with Crippen molar-refractivity contribution < 1.29 is 4.79 Å². The molecule has 0 fully saturated rings. The van der Waals surface area contributed by atoms with E-state index in [1.165, 1.54) is 10.4 Å². The first-order valence-corrected chi connectivity index (χ1v) is 10.2. The van der Waals surface area contributed by atoms with Crippen molar-refractivity contribution in [2.75, 3.05) is 11.4 Å². The number of benzene rings is 1. The van der Waals surface area contributed by atoms with Crippen molar-refractivity contribution in [1.29, 1.82) is 0 Å². The molecule has 5 heteroatoms. The van der Waals surface area contributed by atoms with Crippen molar-refractivity contribution in [3.05, 3.63) is 64.9 Å². The number of rotatable bonds is 4. The number of amides is 1. The quantitative estimate of drug-likeness (QED) is 0.664. The van der Waals surface area contributed by atoms with Crippen LogP contribution in [0, 0.1) is 12.8 Å². The van der Waals surface area contributed by atoms with E-state index in [1.54, 1.807) is 23.7 Å². The van der Waals surface area contributed by atoms with Gasteiger partial charge in [0.2, 0.25) is 5.91 Å². The monoisotopic (exact) mass is 377 g/mol. The number of hydrogen-bond donors (Lipinski definition) is 0. The van der Waals surface area contributed by atoms with Crippen LogP contribution in [-0.4, -0.2) is 22.4 Å². The van der Waals surface area contributed by atoms with Gasteiger partial charge in [-0.3, -0.25) is 9.78 Å². The summed E-state index contributed by atoms with van der Waals surface area (Å²) in [7, 11) is 0.